The molecule has 0 bridgehead atoms. The Hall–Kier alpha value is -1.16. The quantitative estimate of drug-likeness (QED) is 0.860. The topological polar surface area (TPSA) is 29.3 Å². The van der Waals surface area contributed by atoms with Crippen molar-refractivity contribution >= 4 is 22.9 Å². The highest BCUT2D eigenvalue weighted by atomic mass is 32.1. The van der Waals surface area contributed by atoms with Gasteiger partial charge < -0.3 is 10.6 Å². The molecule has 104 valence electrons. The molecule has 0 amide bonds. The van der Waals surface area contributed by atoms with Crippen LogP contribution >= 0.6 is 12.2 Å². The Bertz CT molecular complexity index is 475. The monoisotopic (exact) mass is 280 g/mol. The average molecular weight is 280 g/mol. The average Bonchev–Trinajstić information content (AvgIpc) is 2.37. The largest absolute Gasteiger partial charge is 0.389 e. The zero-order valence-electron chi connectivity index (χ0n) is 11.5. The van der Waals surface area contributed by atoms with Crippen LogP contribution in [-0.2, 0) is 0 Å². The first-order chi connectivity index (χ1) is 8.99. The Morgan fingerprint density at radius 1 is 1.42 bits per heavy atom. The van der Waals surface area contributed by atoms with Gasteiger partial charge in [0, 0.05) is 24.3 Å². The molecule has 1 aromatic carbocycles. The first kappa shape index (κ1) is 14.3. The number of halogens is 1. The number of anilines is 1. The molecule has 0 aromatic heterocycles. The van der Waals surface area contributed by atoms with E-state index in [-0.39, 0.29) is 10.8 Å². The molecule has 1 fully saturated rings. The molecule has 0 heterocycles. The molecule has 0 radical (unpaired) electrons. The van der Waals surface area contributed by atoms with E-state index in [9.17, 15) is 4.39 Å². The smallest absolute Gasteiger partial charge is 0.135 e. The van der Waals surface area contributed by atoms with Gasteiger partial charge in [-0.1, -0.05) is 32.0 Å². The van der Waals surface area contributed by atoms with Crippen molar-refractivity contribution in [3.63, 3.8) is 0 Å². The van der Waals surface area contributed by atoms with Gasteiger partial charge in [-0.2, -0.15) is 0 Å². The van der Waals surface area contributed by atoms with Crippen molar-refractivity contribution in [1.82, 2.24) is 0 Å². The predicted octanol–water partition coefficient (Wildman–Crippen LogP) is 3.47. The molecule has 1 aliphatic carbocycles. The van der Waals surface area contributed by atoms with Crippen molar-refractivity contribution in [2.75, 3.05) is 11.9 Å². The minimum atomic E-state index is -0.333. The summed E-state index contributed by atoms with van der Waals surface area (Å²) in [6.45, 7) is 2.29. The summed E-state index contributed by atoms with van der Waals surface area (Å²) in [6, 6.07) is 5.61. The molecule has 19 heavy (non-hydrogen) atoms. The van der Waals surface area contributed by atoms with Crippen molar-refractivity contribution in [2.45, 2.75) is 38.6 Å². The van der Waals surface area contributed by atoms with Crippen molar-refractivity contribution in [1.29, 1.82) is 0 Å². The fourth-order valence-electron chi connectivity index (χ4n) is 2.89. The van der Waals surface area contributed by atoms with E-state index >= 15 is 0 Å². The molecule has 4 heteroatoms. The lowest BCUT2D eigenvalue weighted by Gasteiger charge is -2.35. The first-order valence-corrected chi connectivity index (χ1v) is 7.22. The van der Waals surface area contributed by atoms with Gasteiger partial charge in [0.1, 0.15) is 10.8 Å². The number of rotatable bonds is 3. The van der Waals surface area contributed by atoms with Crippen LogP contribution in [0.5, 0.6) is 0 Å². The summed E-state index contributed by atoms with van der Waals surface area (Å²) in [5, 5.41) is 0. The lowest BCUT2D eigenvalue weighted by molar-refractivity contribution is 0.336. The van der Waals surface area contributed by atoms with E-state index in [2.05, 4.69) is 11.8 Å². The maximum absolute atomic E-state index is 13.9. The van der Waals surface area contributed by atoms with Crippen LogP contribution in [0.1, 0.15) is 38.2 Å². The number of hydrogen-bond donors (Lipinski definition) is 1. The highest BCUT2D eigenvalue weighted by Crippen LogP contribution is 2.30. The van der Waals surface area contributed by atoms with E-state index in [0.717, 1.165) is 11.6 Å². The summed E-state index contributed by atoms with van der Waals surface area (Å²) in [5.41, 5.74) is 6.70. The number of hydrogen-bond acceptors (Lipinski definition) is 2. The maximum atomic E-state index is 13.9. The molecule has 2 atom stereocenters. The van der Waals surface area contributed by atoms with Crippen molar-refractivity contribution in [2.24, 2.45) is 11.7 Å². The van der Waals surface area contributed by atoms with Crippen molar-refractivity contribution in [3.8, 4) is 0 Å². The zero-order chi connectivity index (χ0) is 14.0. The Labute approximate surface area is 119 Å². The molecular weight excluding hydrogens is 259 g/mol. The lowest BCUT2D eigenvalue weighted by atomic mass is 9.86. The second-order valence-corrected chi connectivity index (χ2v) is 6.00. The predicted molar refractivity (Wildman–Crippen MR) is 82.1 cm³/mol. The fraction of sp³-hybridized carbons (Fsp3) is 0.533. The molecule has 0 saturated heterocycles. The summed E-state index contributed by atoms with van der Waals surface area (Å²) >= 11 is 4.82. The summed E-state index contributed by atoms with van der Waals surface area (Å²) in [7, 11) is 2.04. The third kappa shape index (κ3) is 3.24. The first-order valence-electron chi connectivity index (χ1n) is 6.81. The number of thiocarbonyl (C=S) groups is 1. The number of benzene rings is 1. The van der Waals surface area contributed by atoms with Crippen LogP contribution in [0.2, 0.25) is 0 Å². The van der Waals surface area contributed by atoms with Gasteiger partial charge in [-0.25, -0.2) is 4.39 Å². The lowest BCUT2D eigenvalue weighted by Crippen LogP contribution is -2.35. The summed E-state index contributed by atoms with van der Waals surface area (Å²) < 4.78 is 13.9. The van der Waals surface area contributed by atoms with Crippen LogP contribution in [0, 0.1) is 11.7 Å². The van der Waals surface area contributed by atoms with Crippen LogP contribution in [0.4, 0.5) is 10.1 Å². The number of nitrogens with two attached hydrogens (primary N) is 1. The Morgan fingerprint density at radius 3 is 2.74 bits per heavy atom. The summed E-state index contributed by atoms with van der Waals surface area (Å²) in [6.07, 6.45) is 4.91. The van der Waals surface area contributed by atoms with Gasteiger partial charge in [0.05, 0.1) is 0 Å². The van der Waals surface area contributed by atoms with Crippen LogP contribution < -0.4 is 10.6 Å². The minimum Gasteiger partial charge on any atom is -0.389 e. The fourth-order valence-corrected chi connectivity index (χ4v) is 3.05. The van der Waals surface area contributed by atoms with Crippen molar-refractivity contribution in [3.05, 3.63) is 29.6 Å². The van der Waals surface area contributed by atoms with Gasteiger partial charge in [-0.3, -0.25) is 0 Å². The Balaban J connectivity index is 2.17. The third-order valence-corrected chi connectivity index (χ3v) is 4.30. The summed E-state index contributed by atoms with van der Waals surface area (Å²) in [4.78, 5) is 2.29. The molecule has 2 nitrogen and oxygen atoms in total. The molecule has 1 saturated carbocycles. The van der Waals surface area contributed by atoms with Crippen LogP contribution in [-0.4, -0.2) is 18.1 Å². The van der Waals surface area contributed by atoms with Crippen LogP contribution in [0.25, 0.3) is 0 Å². The molecule has 0 spiro atoms. The normalized spacial score (nSPS) is 23.1. The molecule has 2 rings (SSSR count). The molecule has 0 aliphatic heterocycles. The second kappa shape index (κ2) is 5.87. The van der Waals surface area contributed by atoms with E-state index in [0.29, 0.717) is 11.6 Å². The molecule has 1 aromatic rings. The van der Waals surface area contributed by atoms with Crippen LogP contribution in [0.3, 0.4) is 0 Å². The minimum absolute atomic E-state index is 0.109. The van der Waals surface area contributed by atoms with E-state index in [1.54, 1.807) is 6.07 Å². The third-order valence-electron chi connectivity index (χ3n) is 4.08. The highest BCUT2D eigenvalue weighted by Gasteiger charge is 2.23. The van der Waals surface area contributed by atoms with E-state index < -0.39 is 0 Å². The number of nitrogens with zero attached hydrogens (tertiary/aromatic N) is 1. The van der Waals surface area contributed by atoms with Crippen LogP contribution in [0.15, 0.2) is 18.2 Å². The van der Waals surface area contributed by atoms with E-state index in [1.807, 2.05) is 13.1 Å². The van der Waals surface area contributed by atoms with Gasteiger partial charge in [-0.15, -0.1) is 0 Å². The molecular formula is C15H21FN2S. The van der Waals surface area contributed by atoms with Gasteiger partial charge in [0.2, 0.25) is 0 Å². The summed E-state index contributed by atoms with van der Waals surface area (Å²) in [5.74, 6) is 0.419. The van der Waals surface area contributed by atoms with Crippen molar-refractivity contribution < 1.29 is 4.39 Å². The van der Waals surface area contributed by atoms with Gasteiger partial charge in [0.15, 0.2) is 0 Å². The van der Waals surface area contributed by atoms with Gasteiger partial charge in [-0.05, 0) is 37.0 Å². The Kier molecular flexibility index (Phi) is 4.40. The van der Waals surface area contributed by atoms with E-state index in [4.69, 9.17) is 18.0 Å². The van der Waals surface area contributed by atoms with Gasteiger partial charge >= 0.3 is 0 Å². The molecule has 2 unspecified atom stereocenters. The van der Waals surface area contributed by atoms with Gasteiger partial charge in [0.25, 0.3) is 0 Å². The molecule has 2 N–H and O–H groups in total. The SMILES string of the molecule is CC1CCCC(N(C)c2ccc(C(N)=S)c(F)c2)C1. The standard InChI is InChI=1S/C15H21FN2S/c1-10-4-3-5-11(8-10)18(2)12-6-7-13(15(17)19)14(16)9-12/h6-7,9-11H,3-5,8H2,1-2H3,(H2,17,19). The highest BCUT2D eigenvalue weighted by molar-refractivity contribution is 7.80. The van der Waals surface area contributed by atoms with E-state index in [1.165, 1.54) is 31.7 Å². The maximum Gasteiger partial charge on any atom is 0.135 e. The second-order valence-electron chi connectivity index (χ2n) is 5.56. The zero-order valence-corrected chi connectivity index (χ0v) is 12.3. The Morgan fingerprint density at radius 2 is 2.16 bits per heavy atom. The molecule has 1 aliphatic rings.